The average Bonchev–Trinajstić information content (AvgIpc) is 2.80. The lowest BCUT2D eigenvalue weighted by Gasteiger charge is -2.12. The van der Waals surface area contributed by atoms with Crippen molar-refractivity contribution in [3.63, 3.8) is 0 Å². The maximum atomic E-state index is 12.9. The molecule has 1 heterocycles. The highest BCUT2D eigenvalue weighted by Gasteiger charge is 2.33. The van der Waals surface area contributed by atoms with Crippen LogP contribution in [-0.4, -0.2) is 19.1 Å². The SMILES string of the molecule is O=C(Nc1ccc(Cl)c(C(F)(F)F)c1)c1ccc2c(c1)OCCCO2. The zero-order chi connectivity index (χ0) is 18.0. The van der Waals surface area contributed by atoms with Gasteiger partial charge in [0.25, 0.3) is 5.91 Å². The van der Waals surface area contributed by atoms with E-state index in [1.807, 2.05) is 0 Å². The summed E-state index contributed by atoms with van der Waals surface area (Å²) in [7, 11) is 0. The molecule has 2 aromatic rings. The van der Waals surface area contributed by atoms with Crippen LogP contribution in [0, 0.1) is 0 Å². The van der Waals surface area contributed by atoms with Crippen LogP contribution in [0.1, 0.15) is 22.3 Å². The molecule has 132 valence electrons. The van der Waals surface area contributed by atoms with E-state index in [-0.39, 0.29) is 11.3 Å². The van der Waals surface area contributed by atoms with Gasteiger partial charge in [0.15, 0.2) is 11.5 Å². The summed E-state index contributed by atoms with van der Waals surface area (Å²) in [5.74, 6) is 0.392. The fourth-order valence-corrected chi connectivity index (χ4v) is 2.55. The topological polar surface area (TPSA) is 47.6 Å². The van der Waals surface area contributed by atoms with Crippen LogP contribution in [0.5, 0.6) is 11.5 Å². The van der Waals surface area contributed by atoms with E-state index in [4.69, 9.17) is 21.1 Å². The zero-order valence-corrected chi connectivity index (χ0v) is 13.6. The van der Waals surface area contributed by atoms with Gasteiger partial charge in [0.05, 0.1) is 23.8 Å². The Morgan fingerprint density at radius 1 is 1.04 bits per heavy atom. The number of hydrogen-bond acceptors (Lipinski definition) is 3. The minimum atomic E-state index is -4.60. The molecule has 1 aliphatic rings. The van der Waals surface area contributed by atoms with Crippen molar-refractivity contribution in [2.24, 2.45) is 0 Å². The molecule has 0 saturated heterocycles. The fourth-order valence-electron chi connectivity index (χ4n) is 2.33. The molecule has 0 aliphatic carbocycles. The molecule has 0 spiro atoms. The van der Waals surface area contributed by atoms with E-state index in [0.29, 0.717) is 24.7 Å². The van der Waals surface area contributed by atoms with Crippen LogP contribution < -0.4 is 14.8 Å². The van der Waals surface area contributed by atoms with Crippen molar-refractivity contribution in [2.75, 3.05) is 18.5 Å². The van der Waals surface area contributed by atoms with E-state index in [1.54, 1.807) is 6.07 Å². The predicted octanol–water partition coefficient (Wildman–Crippen LogP) is 4.77. The molecule has 4 nitrogen and oxygen atoms in total. The number of alkyl halides is 3. The van der Waals surface area contributed by atoms with Crippen molar-refractivity contribution >= 4 is 23.2 Å². The van der Waals surface area contributed by atoms with Crippen molar-refractivity contribution in [3.05, 3.63) is 52.5 Å². The standard InChI is InChI=1S/C17H13ClF3NO3/c18-13-4-3-11(9-12(13)17(19,20)21)22-16(23)10-2-5-14-15(8-10)25-7-1-6-24-14/h2-5,8-9H,1,6-7H2,(H,22,23). The summed E-state index contributed by atoms with van der Waals surface area (Å²) >= 11 is 5.57. The third-order valence-corrected chi connectivity index (χ3v) is 3.87. The van der Waals surface area contributed by atoms with E-state index >= 15 is 0 Å². The number of fused-ring (bicyclic) bond motifs is 1. The molecular formula is C17H13ClF3NO3. The maximum absolute atomic E-state index is 12.9. The van der Waals surface area contributed by atoms with Crippen molar-refractivity contribution < 1.29 is 27.4 Å². The Kier molecular flexibility index (Phi) is 4.76. The van der Waals surface area contributed by atoms with E-state index in [2.05, 4.69) is 5.32 Å². The minimum absolute atomic E-state index is 0.00571. The average molecular weight is 372 g/mol. The Morgan fingerprint density at radius 3 is 2.48 bits per heavy atom. The first-order chi connectivity index (χ1) is 11.8. The first kappa shape index (κ1) is 17.4. The number of halogens is 4. The number of carbonyl (C=O) groups excluding carboxylic acids is 1. The third kappa shape index (κ3) is 3.99. The monoisotopic (exact) mass is 371 g/mol. The molecule has 1 N–H and O–H groups in total. The van der Waals surface area contributed by atoms with Gasteiger partial charge in [0.2, 0.25) is 0 Å². The van der Waals surface area contributed by atoms with Gasteiger partial charge in [0.1, 0.15) is 0 Å². The lowest BCUT2D eigenvalue weighted by Crippen LogP contribution is -2.13. The summed E-state index contributed by atoms with van der Waals surface area (Å²) < 4.78 is 49.6. The van der Waals surface area contributed by atoms with Gasteiger partial charge in [-0.2, -0.15) is 13.2 Å². The van der Waals surface area contributed by atoms with Crippen LogP contribution in [0.25, 0.3) is 0 Å². The first-order valence-electron chi connectivity index (χ1n) is 7.42. The van der Waals surface area contributed by atoms with Crippen molar-refractivity contribution in [2.45, 2.75) is 12.6 Å². The molecule has 1 amide bonds. The van der Waals surface area contributed by atoms with E-state index in [9.17, 15) is 18.0 Å². The normalized spacial score (nSPS) is 13.9. The third-order valence-electron chi connectivity index (χ3n) is 3.54. The Hall–Kier alpha value is -2.41. The van der Waals surface area contributed by atoms with Crippen LogP contribution in [-0.2, 0) is 6.18 Å². The van der Waals surface area contributed by atoms with Crippen molar-refractivity contribution in [1.82, 2.24) is 0 Å². The molecule has 25 heavy (non-hydrogen) atoms. The number of benzene rings is 2. The van der Waals surface area contributed by atoms with Gasteiger partial charge >= 0.3 is 6.18 Å². The summed E-state index contributed by atoms with van der Waals surface area (Å²) in [4.78, 5) is 12.3. The number of carbonyl (C=O) groups is 1. The van der Waals surface area contributed by atoms with E-state index in [0.717, 1.165) is 18.6 Å². The van der Waals surface area contributed by atoms with Crippen LogP contribution >= 0.6 is 11.6 Å². The van der Waals surface area contributed by atoms with E-state index < -0.39 is 22.7 Å². The predicted molar refractivity (Wildman–Crippen MR) is 86.5 cm³/mol. The second-order valence-corrected chi connectivity index (χ2v) is 5.77. The second-order valence-electron chi connectivity index (χ2n) is 5.36. The lowest BCUT2D eigenvalue weighted by atomic mass is 10.1. The number of anilines is 1. The largest absolute Gasteiger partial charge is 0.490 e. The van der Waals surface area contributed by atoms with Crippen LogP contribution in [0.3, 0.4) is 0 Å². The molecule has 0 atom stereocenters. The van der Waals surface area contributed by atoms with Gasteiger partial charge in [-0.3, -0.25) is 4.79 Å². The van der Waals surface area contributed by atoms with Crippen molar-refractivity contribution in [3.8, 4) is 11.5 Å². The summed E-state index contributed by atoms with van der Waals surface area (Å²) in [6.45, 7) is 0.980. The summed E-state index contributed by atoms with van der Waals surface area (Å²) in [6.07, 6.45) is -3.88. The quantitative estimate of drug-likeness (QED) is 0.827. The van der Waals surface area contributed by atoms with Gasteiger partial charge in [-0.25, -0.2) is 0 Å². The van der Waals surface area contributed by atoms with E-state index in [1.165, 1.54) is 18.2 Å². The fraction of sp³-hybridized carbons (Fsp3) is 0.235. The van der Waals surface area contributed by atoms with Crippen LogP contribution in [0.2, 0.25) is 5.02 Å². The highest BCUT2D eigenvalue weighted by Crippen LogP contribution is 2.36. The summed E-state index contributed by atoms with van der Waals surface area (Å²) in [6, 6.07) is 7.80. The molecule has 3 rings (SSSR count). The molecule has 0 saturated carbocycles. The molecule has 1 aliphatic heterocycles. The van der Waals surface area contributed by atoms with Gasteiger partial charge < -0.3 is 14.8 Å². The Morgan fingerprint density at radius 2 is 1.76 bits per heavy atom. The van der Waals surface area contributed by atoms with Crippen LogP contribution in [0.4, 0.5) is 18.9 Å². The lowest BCUT2D eigenvalue weighted by molar-refractivity contribution is -0.137. The van der Waals surface area contributed by atoms with Crippen LogP contribution in [0.15, 0.2) is 36.4 Å². The Balaban J connectivity index is 1.82. The molecule has 0 unspecified atom stereocenters. The maximum Gasteiger partial charge on any atom is 0.417 e. The molecule has 0 bridgehead atoms. The smallest absolute Gasteiger partial charge is 0.417 e. The molecule has 0 aromatic heterocycles. The molecular weight excluding hydrogens is 359 g/mol. The first-order valence-corrected chi connectivity index (χ1v) is 7.80. The summed E-state index contributed by atoms with van der Waals surface area (Å²) in [5, 5.41) is 2.00. The number of ether oxygens (including phenoxy) is 2. The highest BCUT2D eigenvalue weighted by atomic mass is 35.5. The van der Waals surface area contributed by atoms with Gasteiger partial charge in [-0.1, -0.05) is 11.6 Å². The highest BCUT2D eigenvalue weighted by molar-refractivity contribution is 6.31. The Labute approximate surface area is 146 Å². The number of rotatable bonds is 2. The summed E-state index contributed by atoms with van der Waals surface area (Å²) in [5.41, 5.74) is -0.771. The number of nitrogens with one attached hydrogen (secondary N) is 1. The molecule has 2 aromatic carbocycles. The Bertz CT molecular complexity index is 808. The van der Waals surface area contributed by atoms with Gasteiger partial charge in [-0.05, 0) is 36.4 Å². The van der Waals surface area contributed by atoms with Gasteiger partial charge in [0, 0.05) is 17.7 Å². The number of hydrogen-bond donors (Lipinski definition) is 1. The molecule has 0 radical (unpaired) electrons. The second kappa shape index (κ2) is 6.84. The van der Waals surface area contributed by atoms with Gasteiger partial charge in [-0.15, -0.1) is 0 Å². The van der Waals surface area contributed by atoms with Crippen molar-refractivity contribution in [1.29, 1.82) is 0 Å². The molecule has 8 heteroatoms. The molecule has 0 fully saturated rings. The number of amides is 1. The minimum Gasteiger partial charge on any atom is -0.490 e. The zero-order valence-electron chi connectivity index (χ0n) is 12.8.